The van der Waals surface area contributed by atoms with Gasteiger partial charge in [-0.3, -0.25) is 0 Å². The van der Waals surface area contributed by atoms with E-state index in [9.17, 15) is 18.0 Å². The van der Waals surface area contributed by atoms with Gasteiger partial charge in [-0.2, -0.15) is 0 Å². The van der Waals surface area contributed by atoms with Crippen molar-refractivity contribution < 1.29 is 27.5 Å². The molecule has 204 valence electrons. The molecule has 0 fully saturated rings. The molecule has 0 saturated carbocycles. The van der Waals surface area contributed by atoms with Crippen molar-refractivity contribution in [2.24, 2.45) is 5.14 Å². The molecule has 3 aromatic rings. The number of nitrogens with two attached hydrogens (primary N) is 1. The van der Waals surface area contributed by atoms with Gasteiger partial charge in [-0.15, -0.1) is 11.3 Å². The molecule has 2 aromatic carbocycles. The number of esters is 2. The first-order chi connectivity index (χ1) is 18.5. The van der Waals surface area contributed by atoms with Gasteiger partial charge in [0.2, 0.25) is 10.0 Å². The third kappa shape index (κ3) is 5.95. The Kier molecular flexibility index (Phi) is 8.34. The molecule has 0 amide bonds. The highest BCUT2D eigenvalue weighted by Gasteiger charge is 2.38. The van der Waals surface area contributed by atoms with Gasteiger partial charge in [-0.05, 0) is 51.5 Å². The van der Waals surface area contributed by atoms with Gasteiger partial charge < -0.3 is 14.8 Å². The summed E-state index contributed by atoms with van der Waals surface area (Å²) in [5.41, 5.74) is 4.55. The second-order valence-electron chi connectivity index (χ2n) is 8.81. The first kappa shape index (κ1) is 28.2. The van der Waals surface area contributed by atoms with Gasteiger partial charge in [0, 0.05) is 27.9 Å². The maximum absolute atomic E-state index is 13.1. The standard InChI is InChI=1S/C28H29N3O6S2/c1-5-36-27(32)23-16(3)30-17(4)24(28(33)37-6-2)25(23)19-10-7-11-20(13-19)26-31-22(15-38-26)18-9-8-12-21(14-18)39(29,34)35/h7-15,25,30H,5-6H2,1-4H3,(H2,29,34,35). The van der Waals surface area contributed by atoms with Gasteiger partial charge in [-0.25, -0.2) is 28.1 Å². The van der Waals surface area contributed by atoms with E-state index in [4.69, 9.17) is 19.6 Å². The van der Waals surface area contributed by atoms with Crippen LogP contribution in [0.25, 0.3) is 21.8 Å². The number of ether oxygens (including phenoxy) is 2. The lowest BCUT2D eigenvalue weighted by Crippen LogP contribution is -2.32. The molecule has 1 aromatic heterocycles. The molecule has 0 radical (unpaired) electrons. The zero-order valence-corrected chi connectivity index (χ0v) is 23.6. The molecule has 1 aliphatic heterocycles. The smallest absolute Gasteiger partial charge is 0.336 e. The second kappa shape index (κ2) is 11.5. The monoisotopic (exact) mass is 567 g/mol. The molecule has 4 rings (SSSR count). The number of thiazole rings is 1. The number of nitrogens with one attached hydrogen (secondary N) is 1. The van der Waals surface area contributed by atoms with Crippen molar-refractivity contribution in [1.29, 1.82) is 0 Å². The molecule has 0 atom stereocenters. The van der Waals surface area contributed by atoms with Crippen molar-refractivity contribution in [1.82, 2.24) is 10.3 Å². The Morgan fingerprint density at radius 2 is 1.54 bits per heavy atom. The van der Waals surface area contributed by atoms with Crippen LogP contribution in [-0.2, 0) is 29.1 Å². The van der Waals surface area contributed by atoms with Crippen molar-refractivity contribution in [2.75, 3.05) is 13.2 Å². The summed E-state index contributed by atoms with van der Waals surface area (Å²) < 4.78 is 34.3. The highest BCUT2D eigenvalue weighted by atomic mass is 32.2. The van der Waals surface area contributed by atoms with Crippen LogP contribution in [0.1, 0.15) is 39.2 Å². The molecule has 1 aliphatic rings. The highest BCUT2D eigenvalue weighted by molar-refractivity contribution is 7.89. The van der Waals surface area contributed by atoms with E-state index >= 15 is 0 Å². The van der Waals surface area contributed by atoms with Gasteiger partial charge in [0.05, 0.1) is 40.9 Å². The van der Waals surface area contributed by atoms with Gasteiger partial charge >= 0.3 is 11.9 Å². The quantitative estimate of drug-likeness (QED) is 0.380. The second-order valence-corrected chi connectivity index (χ2v) is 11.2. The summed E-state index contributed by atoms with van der Waals surface area (Å²) in [6.07, 6.45) is 0. The van der Waals surface area contributed by atoms with Gasteiger partial charge in [0.1, 0.15) is 5.01 Å². The average Bonchev–Trinajstić information content (AvgIpc) is 3.39. The first-order valence-corrected chi connectivity index (χ1v) is 14.7. The normalized spacial score (nSPS) is 14.3. The van der Waals surface area contributed by atoms with Crippen LogP contribution in [0.15, 0.2) is 81.3 Å². The summed E-state index contributed by atoms with van der Waals surface area (Å²) in [7, 11) is -3.85. The van der Waals surface area contributed by atoms with Crippen LogP contribution in [0.4, 0.5) is 0 Å². The Labute approximate surface area is 231 Å². The average molecular weight is 568 g/mol. The van der Waals surface area contributed by atoms with Crippen LogP contribution in [-0.4, -0.2) is 38.6 Å². The molecule has 0 bridgehead atoms. The fourth-order valence-corrected chi connectivity index (χ4v) is 5.89. The SMILES string of the molecule is CCOC(=O)C1=C(C)NC(C)=C(C(=O)OCC)C1c1cccc(-c2nc(-c3cccc(S(N)(=O)=O)c3)cs2)c1. The summed E-state index contributed by atoms with van der Waals surface area (Å²) in [4.78, 5) is 30.9. The molecular formula is C28H29N3O6S2. The topological polar surface area (TPSA) is 138 Å². The summed E-state index contributed by atoms with van der Waals surface area (Å²) in [6.45, 7) is 7.38. The van der Waals surface area contributed by atoms with Crippen LogP contribution < -0.4 is 10.5 Å². The number of dihydropyridines is 1. The Bertz CT molecular complexity index is 1560. The van der Waals surface area contributed by atoms with Crippen LogP contribution in [0.3, 0.4) is 0 Å². The molecule has 0 aliphatic carbocycles. The maximum atomic E-state index is 13.1. The lowest BCUT2D eigenvalue weighted by atomic mass is 9.80. The van der Waals surface area contributed by atoms with E-state index in [2.05, 4.69) is 5.32 Å². The third-order valence-corrected chi connectivity index (χ3v) is 7.98. The Morgan fingerprint density at radius 1 is 0.949 bits per heavy atom. The summed E-state index contributed by atoms with van der Waals surface area (Å²) in [5.74, 6) is -1.74. The summed E-state index contributed by atoms with van der Waals surface area (Å²) in [6, 6.07) is 13.8. The number of carbonyl (C=O) groups is 2. The Hall–Kier alpha value is -3.80. The number of hydrogen-bond acceptors (Lipinski definition) is 9. The fourth-order valence-electron chi connectivity index (χ4n) is 4.51. The van der Waals surface area contributed by atoms with E-state index in [-0.39, 0.29) is 18.1 Å². The van der Waals surface area contributed by atoms with E-state index in [1.165, 1.54) is 23.5 Å². The predicted molar refractivity (Wildman–Crippen MR) is 149 cm³/mol. The lowest BCUT2D eigenvalue weighted by molar-refractivity contribution is -0.139. The number of sulfonamides is 1. The first-order valence-electron chi connectivity index (χ1n) is 12.3. The highest BCUT2D eigenvalue weighted by Crippen LogP contribution is 2.41. The maximum Gasteiger partial charge on any atom is 0.336 e. The molecule has 9 nitrogen and oxygen atoms in total. The molecular weight excluding hydrogens is 538 g/mol. The summed E-state index contributed by atoms with van der Waals surface area (Å²) in [5, 5.41) is 10.9. The number of allylic oxidation sites excluding steroid dienone is 2. The molecule has 0 unspecified atom stereocenters. The van der Waals surface area contributed by atoms with Crippen molar-refractivity contribution >= 4 is 33.3 Å². The van der Waals surface area contributed by atoms with Crippen LogP contribution in [0.2, 0.25) is 0 Å². The Morgan fingerprint density at radius 3 is 2.13 bits per heavy atom. The van der Waals surface area contributed by atoms with Crippen molar-refractivity contribution in [3.8, 4) is 21.8 Å². The zero-order valence-electron chi connectivity index (χ0n) is 22.0. The zero-order chi connectivity index (χ0) is 28.3. The van der Waals surface area contributed by atoms with Crippen LogP contribution in [0.5, 0.6) is 0 Å². The number of aromatic nitrogens is 1. The predicted octanol–water partition coefficient (Wildman–Crippen LogP) is 4.49. The summed E-state index contributed by atoms with van der Waals surface area (Å²) >= 11 is 1.39. The number of nitrogens with zero attached hydrogens (tertiary/aromatic N) is 1. The number of primary sulfonamides is 1. The minimum absolute atomic E-state index is 0.00441. The largest absolute Gasteiger partial charge is 0.463 e. The van der Waals surface area contributed by atoms with Crippen molar-refractivity contribution in [3.63, 3.8) is 0 Å². The third-order valence-electron chi connectivity index (χ3n) is 6.18. The number of carbonyl (C=O) groups excluding carboxylic acids is 2. The van der Waals surface area contributed by atoms with E-state index < -0.39 is 27.9 Å². The van der Waals surface area contributed by atoms with E-state index in [0.29, 0.717) is 44.4 Å². The van der Waals surface area contributed by atoms with Crippen LogP contribution >= 0.6 is 11.3 Å². The van der Waals surface area contributed by atoms with Crippen LogP contribution in [0, 0.1) is 0 Å². The van der Waals surface area contributed by atoms with Crippen molar-refractivity contribution in [3.05, 3.63) is 82.0 Å². The molecule has 39 heavy (non-hydrogen) atoms. The number of hydrogen-bond donors (Lipinski definition) is 2. The number of benzene rings is 2. The lowest BCUT2D eigenvalue weighted by Gasteiger charge is -2.30. The van der Waals surface area contributed by atoms with Gasteiger partial charge in [-0.1, -0.05) is 30.3 Å². The van der Waals surface area contributed by atoms with Crippen molar-refractivity contribution in [2.45, 2.75) is 38.5 Å². The van der Waals surface area contributed by atoms with E-state index in [0.717, 1.165) is 5.56 Å². The Balaban J connectivity index is 1.79. The number of rotatable bonds is 8. The molecule has 3 N–H and O–H groups in total. The minimum atomic E-state index is -3.85. The van der Waals surface area contributed by atoms with E-state index in [1.54, 1.807) is 39.8 Å². The minimum Gasteiger partial charge on any atom is -0.463 e. The molecule has 11 heteroatoms. The molecule has 0 saturated heterocycles. The van der Waals surface area contributed by atoms with E-state index in [1.807, 2.05) is 29.6 Å². The van der Waals surface area contributed by atoms with Gasteiger partial charge in [0.25, 0.3) is 0 Å². The fraction of sp³-hybridized carbons (Fsp3) is 0.250. The van der Waals surface area contributed by atoms with Gasteiger partial charge in [0.15, 0.2) is 0 Å². The molecule has 0 spiro atoms. The molecule has 2 heterocycles.